The molecule has 0 heterocycles. The van der Waals surface area contributed by atoms with Crippen LogP contribution >= 0.6 is 23.2 Å². The highest BCUT2D eigenvalue weighted by Gasteiger charge is 2.14. The Morgan fingerprint density at radius 1 is 1.17 bits per heavy atom. The molecule has 1 N–H and O–H groups in total. The third-order valence-electron chi connectivity index (χ3n) is 2.79. The molecule has 1 amide bonds. The van der Waals surface area contributed by atoms with Gasteiger partial charge >= 0.3 is 0 Å². The molecule has 2 rings (SSSR count). The minimum absolute atomic E-state index is 0.0693. The fourth-order valence-electron chi connectivity index (χ4n) is 1.81. The first-order valence-corrected chi connectivity index (χ1v) is 7.77. The summed E-state index contributed by atoms with van der Waals surface area (Å²) in [6.07, 6.45) is 1.48. The van der Waals surface area contributed by atoms with Crippen molar-refractivity contribution in [3.63, 3.8) is 0 Å². The predicted octanol–water partition coefficient (Wildman–Crippen LogP) is 4.54. The van der Waals surface area contributed by atoms with Crippen LogP contribution in [-0.4, -0.2) is 18.2 Å². The molecular formula is C17H16Cl2N2O2. The number of benzene rings is 2. The van der Waals surface area contributed by atoms with E-state index in [2.05, 4.69) is 10.5 Å². The maximum Gasteiger partial charge on any atom is 0.271 e. The van der Waals surface area contributed by atoms with Crippen molar-refractivity contribution in [3.8, 4) is 5.75 Å². The standard InChI is InChI=1S/C17H16Cl2N2O2/c1-11(2)23-16-14(18)8-13(9-15(16)19)17(22)21-20-10-12-6-4-3-5-7-12/h3-11H,1-2H3,(H,21,22)/b20-10-. The largest absolute Gasteiger partial charge is 0.488 e. The van der Waals surface area contributed by atoms with Gasteiger partial charge < -0.3 is 4.74 Å². The molecule has 0 spiro atoms. The molecule has 6 heteroatoms. The quantitative estimate of drug-likeness (QED) is 0.635. The molecule has 0 aliphatic carbocycles. The minimum atomic E-state index is -0.405. The summed E-state index contributed by atoms with van der Waals surface area (Å²) in [6, 6.07) is 12.4. The number of nitrogens with zero attached hydrogens (tertiary/aromatic N) is 1. The Morgan fingerprint density at radius 3 is 2.35 bits per heavy atom. The number of hydrogen-bond donors (Lipinski definition) is 1. The van der Waals surface area contributed by atoms with Crippen LogP contribution in [-0.2, 0) is 0 Å². The summed E-state index contributed by atoms with van der Waals surface area (Å²) in [6.45, 7) is 3.73. The molecule has 0 atom stereocenters. The lowest BCUT2D eigenvalue weighted by Gasteiger charge is -2.13. The average Bonchev–Trinajstić information content (AvgIpc) is 2.51. The molecule has 0 aromatic heterocycles. The predicted molar refractivity (Wildman–Crippen MR) is 93.7 cm³/mol. The number of carbonyl (C=O) groups excluding carboxylic acids is 1. The molecule has 23 heavy (non-hydrogen) atoms. The number of nitrogens with one attached hydrogen (secondary N) is 1. The molecule has 4 nitrogen and oxygen atoms in total. The van der Waals surface area contributed by atoms with Gasteiger partial charge in [0.05, 0.1) is 22.4 Å². The maximum absolute atomic E-state index is 12.1. The number of hydrazone groups is 1. The van der Waals surface area contributed by atoms with Crippen LogP contribution in [0.4, 0.5) is 0 Å². The van der Waals surface area contributed by atoms with Gasteiger partial charge in [0.2, 0.25) is 0 Å². The molecular weight excluding hydrogens is 335 g/mol. The first kappa shape index (κ1) is 17.3. The van der Waals surface area contributed by atoms with Gasteiger partial charge in [0, 0.05) is 5.56 Å². The minimum Gasteiger partial charge on any atom is -0.488 e. The van der Waals surface area contributed by atoms with Crippen molar-refractivity contribution in [1.29, 1.82) is 0 Å². The summed E-state index contributed by atoms with van der Waals surface area (Å²) in [4.78, 5) is 12.1. The van der Waals surface area contributed by atoms with Crippen molar-refractivity contribution in [3.05, 3.63) is 63.6 Å². The molecule has 2 aromatic carbocycles. The lowest BCUT2D eigenvalue weighted by Crippen LogP contribution is -2.18. The normalized spacial score (nSPS) is 11.0. The Morgan fingerprint density at radius 2 is 1.78 bits per heavy atom. The molecule has 0 fully saturated rings. The van der Waals surface area contributed by atoms with E-state index in [1.807, 2.05) is 44.2 Å². The van der Waals surface area contributed by atoms with E-state index in [0.29, 0.717) is 11.3 Å². The summed E-state index contributed by atoms with van der Waals surface area (Å²) < 4.78 is 5.52. The average molecular weight is 351 g/mol. The second kappa shape index (κ2) is 7.99. The highest BCUT2D eigenvalue weighted by atomic mass is 35.5. The Hall–Kier alpha value is -2.04. The van der Waals surface area contributed by atoms with Gasteiger partial charge in [-0.3, -0.25) is 4.79 Å². The number of amides is 1. The van der Waals surface area contributed by atoms with Crippen molar-refractivity contribution >= 4 is 35.3 Å². The third kappa shape index (κ3) is 4.98. The van der Waals surface area contributed by atoms with E-state index < -0.39 is 5.91 Å². The number of rotatable bonds is 5. The molecule has 0 radical (unpaired) electrons. The number of halogens is 2. The molecule has 2 aromatic rings. The number of hydrogen-bond acceptors (Lipinski definition) is 3. The number of ether oxygens (including phenoxy) is 1. The summed E-state index contributed by atoms with van der Waals surface area (Å²) in [5.41, 5.74) is 3.62. The maximum atomic E-state index is 12.1. The Bertz CT molecular complexity index is 693. The highest BCUT2D eigenvalue weighted by Crippen LogP contribution is 2.34. The SMILES string of the molecule is CC(C)Oc1c(Cl)cc(C(=O)N/N=C\c2ccccc2)cc1Cl. The lowest BCUT2D eigenvalue weighted by molar-refractivity contribution is 0.0955. The first-order valence-electron chi connectivity index (χ1n) is 7.01. The second-order valence-corrected chi connectivity index (χ2v) is 5.86. The van der Waals surface area contributed by atoms with Crippen LogP contribution in [0.5, 0.6) is 5.75 Å². The number of carbonyl (C=O) groups is 1. The van der Waals surface area contributed by atoms with Crippen LogP contribution in [0.2, 0.25) is 10.0 Å². The van der Waals surface area contributed by atoms with Crippen LogP contribution in [0.15, 0.2) is 47.6 Å². The van der Waals surface area contributed by atoms with Gasteiger partial charge in [-0.2, -0.15) is 5.10 Å². The Kier molecular flexibility index (Phi) is 6.02. The smallest absolute Gasteiger partial charge is 0.271 e. The van der Waals surface area contributed by atoms with Gasteiger partial charge in [-0.25, -0.2) is 5.43 Å². The fraction of sp³-hybridized carbons (Fsp3) is 0.176. The van der Waals surface area contributed by atoms with Crippen molar-refractivity contribution in [2.45, 2.75) is 20.0 Å². The van der Waals surface area contributed by atoms with Crippen molar-refractivity contribution < 1.29 is 9.53 Å². The monoisotopic (exact) mass is 350 g/mol. The lowest BCUT2D eigenvalue weighted by atomic mass is 10.2. The molecule has 0 aliphatic heterocycles. The molecule has 0 unspecified atom stereocenters. The van der Waals surface area contributed by atoms with Gasteiger partial charge in [0.25, 0.3) is 5.91 Å². The van der Waals surface area contributed by atoms with E-state index in [-0.39, 0.29) is 16.1 Å². The Labute approximate surface area is 145 Å². The summed E-state index contributed by atoms with van der Waals surface area (Å²) in [5.74, 6) is -0.0373. The first-order chi connectivity index (χ1) is 11.0. The van der Waals surface area contributed by atoms with Crippen LogP contribution < -0.4 is 10.2 Å². The zero-order chi connectivity index (χ0) is 16.8. The molecule has 0 saturated heterocycles. The van der Waals surface area contributed by atoms with Gasteiger partial charge in [-0.15, -0.1) is 0 Å². The van der Waals surface area contributed by atoms with Crippen LogP contribution in [0.1, 0.15) is 29.8 Å². The molecule has 120 valence electrons. The zero-order valence-electron chi connectivity index (χ0n) is 12.7. The third-order valence-corrected chi connectivity index (χ3v) is 3.35. The van der Waals surface area contributed by atoms with E-state index in [9.17, 15) is 4.79 Å². The summed E-state index contributed by atoms with van der Waals surface area (Å²) >= 11 is 12.2. The van der Waals surface area contributed by atoms with Crippen molar-refractivity contribution in [1.82, 2.24) is 5.43 Å². The van der Waals surface area contributed by atoms with E-state index in [1.165, 1.54) is 12.1 Å². The van der Waals surface area contributed by atoms with Gasteiger partial charge in [-0.1, -0.05) is 53.5 Å². The van der Waals surface area contributed by atoms with Gasteiger partial charge in [-0.05, 0) is 31.5 Å². The fourth-order valence-corrected chi connectivity index (χ4v) is 2.38. The van der Waals surface area contributed by atoms with E-state index in [0.717, 1.165) is 5.56 Å². The van der Waals surface area contributed by atoms with Crippen molar-refractivity contribution in [2.24, 2.45) is 5.10 Å². The summed E-state index contributed by atoms with van der Waals surface area (Å²) in [7, 11) is 0. The summed E-state index contributed by atoms with van der Waals surface area (Å²) in [5, 5.41) is 4.47. The van der Waals surface area contributed by atoms with Crippen LogP contribution in [0.25, 0.3) is 0 Å². The molecule has 0 bridgehead atoms. The molecule has 0 aliphatic rings. The van der Waals surface area contributed by atoms with Crippen molar-refractivity contribution in [2.75, 3.05) is 0 Å². The second-order valence-electron chi connectivity index (χ2n) is 5.05. The van der Waals surface area contributed by atoms with Crippen LogP contribution in [0, 0.1) is 0 Å². The van der Waals surface area contributed by atoms with Crippen LogP contribution in [0.3, 0.4) is 0 Å². The van der Waals surface area contributed by atoms with Gasteiger partial charge in [0.1, 0.15) is 0 Å². The zero-order valence-corrected chi connectivity index (χ0v) is 14.2. The van der Waals surface area contributed by atoms with E-state index in [1.54, 1.807) is 6.21 Å². The van der Waals surface area contributed by atoms with E-state index in [4.69, 9.17) is 27.9 Å². The highest BCUT2D eigenvalue weighted by molar-refractivity contribution is 6.37. The van der Waals surface area contributed by atoms with E-state index >= 15 is 0 Å². The molecule has 0 saturated carbocycles. The Balaban J connectivity index is 2.09. The topological polar surface area (TPSA) is 50.7 Å². The van der Waals surface area contributed by atoms with Gasteiger partial charge in [0.15, 0.2) is 5.75 Å².